The zero-order valence-electron chi connectivity index (χ0n) is 12.6. The van der Waals surface area contributed by atoms with Gasteiger partial charge in [0.15, 0.2) is 5.58 Å². The third-order valence-corrected chi connectivity index (χ3v) is 4.88. The van der Waals surface area contributed by atoms with Crippen LogP contribution in [0.15, 0.2) is 28.7 Å². The quantitative estimate of drug-likeness (QED) is 0.935. The summed E-state index contributed by atoms with van der Waals surface area (Å²) in [4.78, 5) is 7.13. The van der Waals surface area contributed by atoms with Gasteiger partial charge in [-0.15, -0.1) is 0 Å². The maximum Gasteiger partial charge on any atom is 0.298 e. The molecular weight excluding hydrogens is 262 g/mol. The van der Waals surface area contributed by atoms with E-state index in [1.165, 1.54) is 25.7 Å². The molecule has 4 heteroatoms. The molecule has 21 heavy (non-hydrogen) atoms. The molecule has 2 atom stereocenters. The van der Waals surface area contributed by atoms with E-state index in [0.29, 0.717) is 18.1 Å². The number of hydrogen-bond acceptors (Lipinski definition) is 4. The van der Waals surface area contributed by atoms with Crippen molar-refractivity contribution in [3.05, 3.63) is 24.3 Å². The summed E-state index contributed by atoms with van der Waals surface area (Å²) < 4.78 is 6.02. The standard InChI is InChI=1S/C17H23N3O/c1-2-9-20(14-10-12-7-8-13(11-14)18-12)17-19-15-5-3-4-6-16(15)21-17/h3-6,12-14,18H,2,7-11H2,1H3. The van der Waals surface area contributed by atoms with E-state index in [4.69, 9.17) is 9.40 Å². The molecule has 2 saturated heterocycles. The molecule has 0 radical (unpaired) electrons. The lowest BCUT2D eigenvalue weighted by Crippen LogP contribution is -2.48. The zero-order valence-corrected chi connectivity index (χ0v) is 12.6. The Balaban J connectivity index is 1.64. The van der Waals surface area contributed by atoms with Crippen molar-refractivity contribution in [3.8, 4) is 0 Å². The number of oxazole rings is 1. The highest BCUT2D eigenvalue weighted by molar-refractivity contribution is 5.74. The van der Waals surface area contributed by atoms with Gasteiger partial charge in [0.1, 0.15) is 5.52 Å². The number of anilines is 1. The molecule has 2 aliphatic heterocycles. The SMILES string of the molecule is CCCN(c1nc2ccccc2o1)C1CC2CCC(C1)N2. The number of nitrogens with zero attached hydrogens (tertiary/aromatic N) is 2. The number of para-hydroxylation sites is 2. The first-order chi connectivity index (χ1) is 10.3. The van der Waals surface area contributed by atoms with Gasteiger partial charge in [-0.25, -0.2) is 0 Å². The van der Waals surface area contributed by atoms with E-state index in [9.17, 15) is 0 Å². The zero-order chi connectivity index (χ0) is 14.2. The fourth-order valence-corrected chi connectivity index (χ4v) is 3.94. The summed E-state index contributed by atoms with van der Waals surface area (Å²) in [6, 6.07) is 10.8. The summed E-state index contributed by atoms with van der Waals surface area (Å²) >= 11 is 0. The van der Waals surface area contributed by atoms with E-state index in [1.807, 2.05) is 24.3 Å². The third-order valence-electron chi connectivity index (χ3n) is 4.88. The molecule has 0 aliphatic carbocycles. The number of piperidine rings is 1. The molecular formula is C17H23N3O. The molecule has 4 nitrogen and oxygen atoms in total. The van der Waals surface area contributed by atoms with Crippen LogP contribution in [0.2, 0.25) is 0 Å². The molecule has 112 valence electrons. The fraction of sp³-hybridized carbons (Fsp3) is 0.588. The van der Waals surface area contributed by atoms with Crippen LogP contribution in [0.1, 0.15) is 39.0 Å². The van der Waals surface area contributed by atoms with Gasteiger partial charge in [0, 0.05) is 24.7 Å². The molecule has 0 spiro atoms. The van der Waals surface area contributed by atoms with Gasteiger partial charge in [0.2, 0.25) is 0 Å². The van der Waals surface area contributed by atoms with Crippen LogP contribution in [-0.4, -0.2) is 29.7 Å². The maximum absolute atomic E-state index is 6.02. The van der Waals surface area contributed by atoms with Crippen molar-refractivity contribution in [2.75, 3.05) is 11.4 Å². The Morgan fingerprint density at radius 3 is 2.71 bits per heavy atom. The normalized spacial score (nSPS) is 28.1. The number of benzene rings is 1. The summed E-state index contributed by atoms with van der Waals surface area (Å²) in [6.45, 7) is 3.25. The van der Waals surface area contributed by atoms with Crippen molar-refractivity contribution in [2.24, 2.45) is 0 Å². The number of nitrogens with one attached hydrogen (secondary N) is 1. The second-order valence-corrected chi connectivity index (χ2v) is 6.42. The highest BCUT2D eigenvalue weighted by atomic mass is 16.4. The maximum atomic E-state index is 6.02. The van der Waals surface area contributed by atoms with Crippen LogP contribution in [0.3, 0.4) is 0 Å². The molecule has 2 bridgehead atoms. The number of hydrogen-bond donors (Lipinski definition) is 1. The molecule has 1 aromatic heterocycles. The van der Waals surface area contributed by atoms with Gasteiger partial charge in [0.25, 0.3) is 6.01 Å². The van der Waals surface area contributed by atoms with Gasteiger partial charge in [-0.1, -0.05) is 19.1 Å². The van der Waals surface area contributed by atoms with Gasteiger partial charge in [-0.3, -0.25) is 0 Å². The van der Waals surface area contributed by atoms with E-state index in [2.05, 4.69) is 17.1 Å². The smallest absolute Gasteiger partial charge is 0.298 e. The minimum absolute atomic E-state index is 0.566. The summed E-state index contributed by atoms with van der Waals surface area (Å²) in [6.07, 6.45) is 6.21. The Morgan fingerprint density at radius 1 is 1.24 bits per heavy atom. The van der Waals surface area contributed by atoms with Crippen LogP contribution in [0.5, 0.6) is 0 Å². The Bertz CT molecular complexity index is 578. The molecule has 0 saturated carbocycles. The number of rotatable bonds is 4. The summed E-state index contributed by atoms with van der Waals surface area (Å²) in [7, 11) is 0. The molecule has 4 rings (SSSR count). The first-order valence-corrected chi connectivity index (χ1v) is 8.21. The van der Waals surface area contributed by atoms with Crippen LogP contribution in [-0.2, 0) is 0 Å². The minimum Gasteiger partial charge on any atom is -0.423 e. The topological polar surface area (TPSA) is 41.3 Å². The summed E-state index contributed by atoms with van der Waals surface area (Å²) in [5.74, 6) is 0. The van der Waals surface area contributed by atoms with Gasteiger partial charge < -0.3 is 14.6 Å². The molecule has 2 aromatic rings. The van der Waals surface area contributed by atoms with E-state index in [0.717, 1.165) is 30.1 Å². The van der Waals surface area contributed by atoms with Crippen LogP contribution < -0.4 is 10.2 Å². The van der Waals surface area contributed by atoms with Gasteiger partial charge in [-0.2, -0.15) is 4.98 Å². The molecule has 0 amide bonds. The lowest BCUT2D eigenvalue weighted by molar-refractivity contribution is 0.336. The van der Waals surface area contributed by atoms with Crippen molar-refractivity contribution in [1.29, 1.82) is 0 Å². The fourth-order valence-electron chi connectivity index (χ4n) is 3.94. The number of aromatic nitrogens is 1. The molecule has 3 heterocycles. The van der Waals surface area contributed by atoms with Crippen molar-refractivity contribution >= 4 is 17.1 Å². The molecule has 2 unspecified atom stereocenters. The number of fused-ring (bicyclic) bond motifs is 3. The second kappa shape index (κ2) is 5.34. The Morgan fingerprint density at radius 2 is 2.00 bits per heavy atom. The minimum atomic E-state index is 0.566. The molecule has 2 aliphatic rings. The van der Waals surface area contributed by atoms with E-state index in [1.54, 1.807) is 0 Å². The van der Waals surface area contributed by atoms with E-state index >= 15 is 0 Å². The third kappa shape index (κ3) is 2.42. The molecule has 1 N–H and O–H groups in total. The van der Waals surface area contributed by atoms with Crippen LogP contribution in [0.4, 0.5) is 6.01 Å². The Hall–Kier alpha value is -1.55. The summed E-state index contributed by atoms with van der Waals surface area (Å²) in [5.41, 5.74) is 1.86. The van der Waals surface area contributed by atoms with Crippen molar-refractivity contribution < 1.29 is 4.42 Å². The van der Waals surface area contributed by atoms with Crippen LogP contribution >= 0.6 is 0 Å². The van der Waals surface area contributed by atoms with Crippen molar-refractivity contribution in [2.45, 2.75) is 57.2 Å². The first kappa shape index (κ1) is 13.1. The van der Waals surface area contributed by atoms with E-state index in [-0.39, 0.29) is 0 Å². The predicted octanol–water partition coefficient (Wildman–Crippen LogP) is 3.33. The largest absolute Gasteiger partial charge is 0.423 e. The Labute approximate surface area is 125 Å². The second-order valence-electron chi connectivity index (χ2n) is 6.42. The van der Waals surface area contributed by atoms with Crippen LogP contribution in [0, 0.1) is 0 Å². The van der Waals surface area contributed by atoms with Crippen molar-refractivity contribution in [1.82, 2.24) is 10.3 Å². The lowest BCUT2D eigenvalue weighted by atomic mass is 9.98. The van der Waals surface area contributed by atoms with E-state index < -0.39 is 0 Å². The molecule has 2 fully saturated rings. The van der Waals surface area contributed by atoms with Gasteiger partial charge in [-0.05, 0) is 44.2 Å². The summed E-state index contributed by atoms with van der Waals surface area (Å²) in [5, 5.41) is 3.72. The first-order valence-electron chi connectivity index (χ1n) is 8.21. The van der Waals surface area contributed by atoms with Crippen LogP contribution in [0.25, 0.3) is 11.1 Å². The average molecular weight is 285 g/mol. The Kier molecular flexibility index (Phi) is 3.34. The highest BCUT2D eigenvalue weighted by Gasteiger charge is 2.37. The average Bonchev–Trinajstić information content (AvgIpc) is 3.07. The predicted molar refractivity (Wildman–Crippen MR) is 84.6 cm³/mol. The highest BCUT2D eigenvalue weighted by Crippen LogP contribution is 2.33. The lowest BCUT2D eigenvalue weighted by Gasteiger charge is -2.36. The van der Waals surface area contributed by atoms with Crippen molar-refractivity contribution in [3.63, 3.8) is 0 Å². The molecule has 1 aromatic carbocycles. The monoisotopic (exact) mass is 285 g/mol. The van der Waals surface area contributed by atoms with Gasteiger partial charge >= 0.3 is 0 Å². The van der Waals surface area contributed by atoms with Gasteiger partial charge in [0.05, 0.1) is 0 Å².